The van der Waals surface area contributed by atoms with E-state index in [0.717, 1.165) is 0 Å². The fourth-order valence-electron chi connectivity index (χ4n) is 2.84. The second kappa shape index (κ2) is 5.23. The average Bonchev–Trinajstić information content (AvgIpc) is 2.68. The molecule has 3 rings (SSSR count). The summed E-state index contributed by atoms with van der Waals surface area (Å²) in [6, 6.07) is 11.3. The Morgan fingerprint density at radius 2 is 1.83 bits per heavy atom. The maximum atomic E-state index is 2.50. The lowest BCUT2D eigenvalue weighted by molar-refractivity contribution is -0.713. The van der Waals surface area contributed by atoms with Crippen molar-refractivity contribution in [3.63, 3.8) is 0 Å². The number of thiazole rings is 1. The largest absolute Gasteiger partial charge is 0.225 e. The summed E-state index contributed by atoms with van der Waals surface area (Å²) in [5.41, 5.74) is 5.33. The van der Waals surface area contributed by atoms with E-state index in [0.29, 0.717) is 6.04 Å². The zero-order chi connectivity index (χ0) is 12.4. The van der Waals surface area contributed by atoms with E-state index in [-0.39, 0.29) is 0 Å². The molecule has 1 aliphatic rings. The predicted molar refractivity (Wildman–Crippen MR) is 76.0 cm³/mol. The van der Waals surface area contributed by atoms with Crippen LogP contribution in [0.15, 0.2) is 35.8 Å². The maximum absolute atomic E-state index is 2.50. The van der Waals surface area contributed by atoms with Crippen LogP contribution in [0, 0.1) is 0 Å². The molecule has 2 heteroatoms. The zero-order valence-corrected chi connectivity index (χ0v) is 11.7. The monoisotopic (exact) mass is 258 g/mol. The third-order valence-corrected chi connectivity index (χ3v) is 5.02. The van der Waals surface area contributed by atoms with Gasteiger partial charge in [0.05, 0.1) is 4.88 Å². The molecular formula is C16H20NS+. The minimum atomic E-state index is 0.462. The second-order valence-electron chi connectivity index (χ2n) is 5.15. The Balaban J connectivity index is 1.95. The molecule has 1 aromatic carbocycles. The topological polar surface area (TPSA) is 3.88 Å². The average molecular weight is 258 g/mol. The van der Waals surface area contributed by atoms with E-state index in [4.69, 9.17) is 0 Å². The van der Waals surface area contributed by atoms with Crippen molar-refractivity contribution < 1.29 is 4.57 Å². The van der Waals surface area contributed by atoms with Gasteiger partial charge < -0.3 is 0 Å². The van der Waals surface area contributed by atoms with Crippen molar-refractivity contribution in [2.45, 2.75) is 45.1 Å². The van der Waals surface area contributed by atoms with Crippen molar-refractivity contribution >= 4 is 11.3 Å². The summed E-state index contributed by atoms with van der Waals surface area (Å²) < 4.78 is 2.50. The van der Waals surface area contributed by atoms with Crippen molar-refractivity contribution in [2.75, 3.05) is 0 Å². The van der Waals surface area contributed by atoms with Crippen LogP contribution >= 0.6 is 11.3 Å². The molecule has 1 nitrogen and oxygen atoms in total. The van der Waals surface area contributed by atoms with E-state index in [1.807, 2.05) is 11.3 Å². The highest BCUT2D eigenvalue weighted by atomic mass is 32.1. The quantitative estimate of drug-likeness (QED) is 0.568. The van der Waals surface area contributed by atoms with Gasteiger partial charge in [0.1, 0.15) is 0 Å². The van der Waals surface area contributed by atoms with Crippen LogP contribution in [0.2, 0.25) is 0 Å². The molecular weight excluding hydrogens is 238 g/mol. The fourth-order valence-corrected chi connectivity index (χ4v) is 4.00. The summed E-state index contributed by atoms with van der Waals surface area (Å²) in [7, 11) is 0. The van der Waals surface area contributed by atoms with Gasteiger partial charge in [0, 0.05) is 18.9 Å². The summed E-state index contributed by atoms with van der Waals surface area (Å²) in [6.45, 7) is 2.31. The van der Waals surface area contributed by atoms with E-state index in [1.54, 1.807) is 10.6 Å². The molecule has 94 valence electrons. The van der Waals surface area contributed by atoms with Gasteiger partial charge in [0.15, 0.2) is 11.7 Å². The highest BCUT2D eigenvalue weighted by Gasteiger charge is 2.26. The van der Waals surface area contributed by atoms with E-state index in [2.05, 4.69) is 47.3 Å². The Kier molecular flexibility index (Phi) is 3.46. The molecule has 0 amide bonds. The molecule has 1 heterocycles. The molecule has 1 aromatic heterocycles. The number of nitrogens with zero attached hydrogens (tertiary/aromatic N) is 1. The first kappa shape index (κ1) is 11.9. The second-order valence-corrected chi connectivity index (χ2v) is 6.09. The molecule has 0 fully saturated rings. The third-order valence-electron chi connectivity index (χ3n) is 3.96. The molecule has 1 atom stereocenters. The van der Waals surface area contributed by atoms with Gasteiger partial charge in [0.2, 0.25) is 5.51 Å². The lowest BCUT2D eigenvalue weighted by Gasteiger charge is -2.08. The number of aromatic nitrogens is 1. The highest BCUT2D eigenvalue weighted by Crippen LogP contribution is 2.24. The van der Waals surface area contributed by atoms with Crippen LogP contribution in [0.25, 0.3) is 0 Å². The van der Waals surface area contributed by atoms with Gasteiger partial charge in [0.25, 0.3) is 0 Å². The Labute approximate surface area is 113 Å². The lowest BCUT2D eigenvalue weighted by atomic mass is 10.1. The molecule has 0 saturated heterocycles. The van der Waals surface area contributed by atoms with Crippen LogP contribution in [-0.2, 0) is 12.8 Å². The zero-order valence-electron chi connectivity index (χ0n) is 10.9. The smallest absolute Gasteiger partial charge is 0.186 e. The first-order valence-corrected chi connectivity index (χ1v) is 7.79. The van der Waals surface area contributed by atoms with Crippen LogP contribution in [-0.4, -0.2) is 0 Å². The third kappa shape index (κ3) is 2.22. The number of hydrogen-bond donors (Lipinski definition) is 0. The lowest BCUT2D eigenvalue weighted by Crippen LogP contribution is -2.40. The maximum Gasteiger partial charge on any atom is 0.225 e. The number of aryl methyl sites for hydroxylation is 1. The summed E-state index contributed by atoms with van der Waals surface area (Å²) in [5.74, 6) is 0. The van der Waals surface area contributed by atoms with Crippen molar-refractivity contribution in [3.8, 4) is 0 Å². The SMILES string of the molecule is C[C@H](c1ccccc1)[n+]1csc2c1CCCCC2. The predicted octanol–water partition coefficient (Wildman–Crippen LogP) is 3.91. The molecule has 0 radical (unpaired) electrons. The van der Waals surface area contributed by atoms with Crippen LogP contribution in [0.5, 0.6) is 0 Å². The molecule has 2 aromatic rings. The van der Waals surface area contributed by atoms with Crippen molar-refractivity contribution in [1.29, 1.82) is 0 Å². The first-order chi connectivity index (χ1) is 8.86. The standard InChI is InChI=1S/C16H20NS/c1-13(14-8-4-2-5-9-14)17-12-18-16-11-7-3-6-10-15(16)17/h2,4-5,8-9,12-13H,3,6-7,10-11H2,1H3/q+1/t13-/m1/s1. The van der Waals surface area contributed by atoms with Crippen LogP contribution in [0.1, 0.15) is 48.4 Å². The summed E-state index contributed by atoms with van der Waals surface area (Å²) in [5, 5.41) is 0. The van der Waals surface area contributed by atoms with E-state index in [9.17, 15) is 0 Å². The van der Waals surface area contributed by atoms with Crippen LogP contribution < -0.4 is 4.57 Å². The number of fused-ring (bicyclic) bond motifs is 1. The Hall–Kier alpha value is -1.15. The number of rotatable bonds is 2. The molecule has 1 aliphatic carbocycles. The Bertz CT molecular complexity index is 515. The first-order valence-electron chi connectivity index (χ1n) is 6.91. The van der Waals surface area contributed by atoms with Crippen molar-refractivity contribution in [2.24, 2.45) is 0 Å². The van der Waals surface area contributed by atoms with Crippen molar-refractivity contribution in [3.05, 3.63) is 52.0 Å². The number of hydrogen-bond acceptors (Lipinski definition) is 1. The van der Waals surface area contributed by atoms with Gasteiger partial charge in [-0.2, -0.15) is 4.57 Å². The fraction of sp³-hybridized carbons (Fsp3) is 0.438. The van der Waals surface area contributed by atoms with Gasteiger partial charge in [-0.1, -0.05) is 48.1 Å². The van der Waals surface area contributed by atoms with Gasteiger partial charge in [-0.05, 0) is 19.3 Å². The van der Waals surface area contributed by atoms with E-state index < -0.39 is 0 Å². The Morgan fingerprint density at radius 3 is 2.67 bits per heavy atom. The molecule has 0 spiro atoms. The molecule has 0 unspecified atom stereocenters. The number of benzene rings is 1. The normalized spacial score (nSPS) is 16.9. The van der Waals surface area contributed by atoms with E-state index >= 15 is 0 Å². The molecule has 0 saturated carbocycles. The molecule has 0 bridgehead atoms. The molecule has 0 aliphatic heterocycles. The summed E-state index contributed by atoms with van der Waals surface area (Å²) in [6.07, 6.45) is 6.66. The minimum Gasteiger partial charge on any atom is -0.186 e. The minimum absolute atomic E-state index is 0.462. The van der Waals surface area contributed by atoms with Crippen molar-refractivity contribution in [1.82, 2.24) is 0 Å². The van der Waals surface area contributed by atoms with Crippen LogP contribution in [0.3, 0.4) is 0 Å². The van der Waals surface area contributed by atoms with E-state index in [1.165, 1.54) is 37.7 Å². The highest BCUT2D eigenvalue weighted by molar-refractivity contribution is 7.09. The Morgan fingerprint density at radius 1 is 1.06 bits per heavy atom. The molecule has 0 N–H and O–H groups in total. The van der Waals surface area contributed by atoms with Gasteiger partial charge >= 0.3 is 0 Å². The van der Waals surface area contributed by atoms with Gasteiger partial charge in [-0.15, -0.1) is 0 Å². The van der Waals surface area contributed by atoms with Gasteiger partial charge in [-0.3, -0.25) is 0 Å². The van der Waals surface area contributed by atoms with Crippen LogP contribution in [0.4, 0.5) is 0 Å². The molecule has 18 heavy (non-hydrogen) atoms. The summed E-state index contributed by atoms with van der Waals surface area (Å²) in [4.78, 5) is 1.62. The van der Waals surface area contributed by atoms with Gasteiger partial charge in [-0.25, -0.2) is 0 Å². The summed E-state index contributed by atoms with van der Waals surface area (Å²) >= 11 is 1.95.